The summed E-state index contributed by atoms with van der Waals surface area (Å²) in [7, 11) is 0. The highest BCUT2D eigenvalue weighted by molar-refractivity contribution is 7.15. The number of rotatable bonds is 1. The van der Waals surface area contributed by atoms with Crippen LogP contribution in [0.2, 0.25) is 4.34 Å². The molecule has 0 N–H and O–H groups in total. The normalized spacial score (nSPS) is 21.6. The molecule has 3 nitrogen and oxygen atoms in total. The summed E-state index contributed by atoms with van der Waals surface area (Å²) in [4.78, 5) is 15.1. The van der Waals surface area contributed by atoms with Crippen LogP contribution in [0.4, 0.5) is 0 Å². The average Bonchev–Trinajstić information content (AvgIpc) is 2.52. The predicted molar refractivity (Wildman–Crippen MR) is 49.7 cm³/mol. The van der Waals surface area contributed by atoms with Crippen molar-refractivity contribution in [3.05, 3.63) is 27.9 Å². The second kappa shape index (κ2) is 3.47. The highest BCUT2D eigenvalue weighted by atomic mass is 35.5. The zero-order valence-corrected chi connectivity index (χ0v) is 8.14. The number of hydrogen-bond acceptors (Lipinski definition) is 4. The van der Waals surface area contributed by atoms with E-state index in [1.807, 2.05) is 0 Å². The molecular weight excluding hydrogens is 210 g/mol. The van der Waals surface area contributed by atoms with Crippen LogP contribution < -0.4 is 0 Å². The first kappa shape index (κ1) is 8.72. The summed E-state index contributed by atoms with van der Waals surface area (Å²) >= 11 is 7.05. The Kier molecular flexibility index (Phi) is 2.33. The predicted octanol–water partition coefficient (Wildman–Crippen LogP) is 2.34. The molecule has 0 amide bonds. The maximum atomic E-state index is 11.0. The van der Waals surface area contributed by atoms with Crippen molar-refractivity contribution in [3.8, 4) is 0 Å². The lowest BCUT2D eigenvalue weighted by molar-refractivity contribution is -0.118. The number of ether oxygens (including phenoxy) is 1. The van der Waals surface area contributed by atoms with Crippen molar-refractivity contribution in [2.24, 2.45) is 0 Å². The van der Waals surface area contributed by atoms with Crippen LogP contribution in [0.3, 0.4) is 0 Å². The summed E-state index contributed by atoms with van der Waals surface area (Å²) in [5.74, 6) is 0.0579. The lowest BCUT2D eigenvalue weighted by Gasteiger charge is -2.15. The second-order valence-corrected chi connectivity index (χ2v) is 4.29. The largest absolute Gasteiger partial charge is 0.490 e. The number of thiazole rings is 1. The van der Waals surface area contributed by atoms with Crippen molar-refractivity contribution in [1.29, 1.82) is 0 Å². The van der Waals surface area contributed by atoms with E-state index in [1.165, 1.54) is 23.7 Å². The number of carbonyl (C=O) groups excluding carboxylic acids is 1. The van der Waals surface area contributed by atoms with E-state index < -0.39 is 0 Å². The van der Waals surface area contributed by atoms with E-state index in [0.29, 0.717) is 10.8 Å². The van der Waals surface area contributed by atoms with Crippen LogP contribution in [-0.4, -0.2) is 10.8 Å². The first-order chi connectivity index (χ1) is 6.25. The molecule has 68 valence electrons. The minimum atomic E-state index is -0.255. The minimum absolute atomic E-state index is 0.0579. The first-order valence-corrected chi connectivity index (χ1v) is 4.91. The Balaban J connectivity index is 2.18. The average molecular weight is 216 g/mol. The summed E-state index contributed by atoms with van der Waals surface area (Å²) in [6.07, 6.45) is 4.49. The Morgan fingerprint density at radius 2 is 2.54 bits per heavy atom. The zero-order valence-electron chi connectivity index (χ0n) is 6.57. The molecule has 1 aromatic rings. The molecule has 1 atom stereocenters. The topological polar surface area (TPSA) is 39.2 Å². The first-order valence-electron chi connectivity index (χ1n) is 3.72. The van der Waals surface area contributed by atoms with Gasteiger partial charge in [0, 0.05) is 6.08 Å². The minimum Gasteiger partial charge on any atom is -0.490 e. The maximum Gasteiger partial charge on any atom is 0.162 e. The Morgan fingerprint density at radius 3 is 3.15 bits per heavy atom. The molecule has 1 aliphatic heterocycles. The van der Waals surface area contributed by atoms with Gasteiger partial charge in [-0.2, -0.15) is 0 Å². The smallest absolute Gasteiger partial charge is 0.162 e. The van der Waals surface area contributed by atoms with Gasteiger partial charge in [0.15, 0.2) is 11.9 Å². The molecule has 1 aliphatic rings. The van der Waals surface area contributed by atoms with Crippen molar-refractivity contribution in [3.63, 3.8) is 0 Å². The van der Waals surface area contributed by atoms with Crippen LogP contribution in [0, 0.1) is 0 Å². The molecule has 0 aromatic carbocycles. The fraction of sp³-hybridized carbons (Fsp3) is 0.250. The summed E-state index contributed by atoms with van der Waals surface area (Å²) in [6, 6.07) is 0. The second-order valence-electron chi connectivity index (χ2n) is 2.60. The van der Waals surface area contributed by atoms with Crippen molar-refractivity contribution in [1.82, 2.24) is 4.98 Å². The molecular formula is C8H6ClNO2S. The van der Waals surface area contributed by atoms with E-state index in [2.05, 4.69) is 4.98 Å². The highest BCUT2D eigenvalue weighted by Crippen LogP contribution is 2.30. The molecule has 2 rings (SSSR count). The van der Waals surface area contributed by atoms with Crippen molar-refractivity contribution in [2.75, 3.05) is 0 Å². The van der Waals surface area contributed by atoms with Crippen molar-refractivity contribution in [2.45, 2.75) is 12.5 Å². The molecule has 0 aliphatic carbocycles. The van der Waals surface area contributed by atoms with E-state index in [1.54, 1.807) is 6.20 Å². The van der Waals surface area contributed by atoms with E-state index in [9.17, 15) is 4.79 Å². The third-order valence-corrected chi connectivity index (χ3v) is 2.86. The van der Waals surface area contributed by atoms with Crippen LogP contribution in [0.15, 0.2) is 18.5 Å². The molecule has 1 unspecified atom stereocenters. The van der Waals surface area contributed by atoms with Gasteiger partial charge >= 0.3 is 0 Å². The van der Waals surface area contributed by atoms with Gasteiger partial charge in [0.25, 0.3) is 0 Å². The van der Waals surface area contributed by atoms with E-state index in [4.69, 9.17) is 16.3 Å². The molecule has 0 saturated heterocycles. The molecule has 5 heteroatoms. The Morgan fingerprint density at radius 1 is 1.69 bits per heavy atom. The fourth-order valence-electron chi connectivity index (χ4n) is 1.07. The quantitative estimate of drug-likeness (QED) is 0.722. The Labute approximate surface area is 84.0 Å². The fourth-order valence-corrected chi connectivity index (χ4v) is 2.04. The number of hydrogen-bond donors (Lipinski definition) is 0. The Hall–Kier alpha value is -0.870. The highest BCUT2D eigenvalue weighted by Gasteiger charge is 2.21. The SMILES string of the molecule is O=C1C=COC(c2ncc(Cl)s2)C1. The van der Waals surface area contributed by atoms with Crippen molar-refractivity contribution >= 4 is 28.7 Å². The van der Waals surface area contributed by atoms with Gasteiger partial charge in [-0.3, -0.25) is 4.79 Å². The maximum absolute atomic E-state index is 11.0. The molecule has 13 heavy (non-hydrogen) atoms. The van der Waals surface area contributed by atoms with Gasteiger partial charge in [-0.1, -0.05) is 11.6 Å². The van der Waals surface area contributed by atoms with Gasteiger partial charge in [0.1, 0.15) is 9.34 Å². The van der Waals surface area contributed by atoms with Crippen LogP contribution in [-0.2, 0) is 9.53 Å². The molecule has 0 fully saturated rings. The lowest BCUT2D eigenvalue weighted by Crippen LogP contribution is -2.10. The lowest BCUT2D eigenvalue weighted by atomic mass is 10.1. The van der Waals surface area contributed by atoms with Gasteiger partial charge < -0.3 is 4.74 Å². The molecule has 0 saturated carbocycles. The molecule has 2 heterocycles. The number of halogens is 1. The van der Waals surface area contributed by atoms with Gasteiger partial charge in [-0.05, 0) is 0 Å². The van der Waals surface area contributed by atoms with Gasteiger partial charge in [-0.15, -0.1) is 11.3 Å². The van der Waals surface area contributed by atoms with Crippen LogP contribution >= 0.6 is 22.9 Å². The number of nitrogens with zero attached hydrogens (tertiary/aromatic N) is 1. The molecule has 0 radical (unpaired) electrons. The Bertz CT molecular complexity index is 361. The zero-order chi connectivity index (χ0) is 9.26. The van der Waals surface area contributed by atoms with E-state index >= 15 is 0 Å². The number of carbonyl (C=O) groups is 1. The molecule has 0 spiro atoms. The molecule has 1 aromatic heterocycles. The summed E-state index contributed by atoms with van der Waals surface area (Å²) in [6.45, 7) is 0. The number of allylic oxidation sites excluding steroid dienone is 1. The van der Waals surface area contributed by atoms with Gasteiger partial charge in [-0.25, -0.2) is 4.98 Å². The van der Waals surface area contributed by atoms with Crippen molar-refractivity contribution < 1.29 is 9.53 Å². The number of ketones is 1. The summed E-state index contributed by atoms with van der Waals surface area (Å²) in [5.41, 5.74) is 0. The standard InChI is InChI=1S/C8H6ClNO2S/c9-7-4-10-8(13-7)6-3-5(11)1-2-12-6/h1-2,4,6H,3H2. The third-order valence-electron chi connectivity index (χ3n) is 1.65. The van der Waals surface area contributed by atoms with Gasteiger partial charge in [0.2, 0.25) is 0 Å². The van der Waals surface area contributed by atoms with Crippen LogP contribution in [0.1, 0.15) is 17.5 Å². The third kappa shape index (κ3) is 1.89. The van der Waals surface area contributed by atoms with Crippen LogP contribution in [0.5, 0.6) is 0 Å². The van der Waals surface area contributed by atoms with Crippen LogP contribution in [0.25, 0.3) is 0 Å². The summed E-state index contributed by atoms with van der Waals surface area (Å²) < 4.78 is 5.85. The number of aromatic nitrogens is 1. The summed E-state index contributed by atoms with van der Waals surface area (Å²) in [5, 5.41) is 0.753. The van der Waals surface area contributed by atoms with E-state index in [0.717, 1.165) is 5.01 Å². The molecule has 0 bridgehead atoms. The van der Waals surface area contributed by atoms with Gasteiger partial charge in [0.05, 0.1) is 18.9 Å². The monoisotopic (exact) mass is 215 g/mol. The van der Waals surface area contributed by atoms with E-state index in [-0.39, 0.29) is 11.9 Å².